The average Bonchev–Trinajstić information content (AvgIpc) is 2.56. The molecule has 22 heavy (non-hydrogen) atoms. The zero-order chi connectivity index (χ0) is 15.4. The van der Waals surface area contributed by atoms with Gasteiger partial charge in [-0.05, 0) is 24.3 Å². The number of carbonyl (C=O) groups is 1. The first-order chi connectivity index (χ1) is 10.7. The van der Waals surface area contributed by atoms with Crippen molar-refractivity contribution >= 4 is 17.5 Å². The van der Waals surface area contributed by atoms with E-state index in [2.05, 4.69) is 11.1 Å². The highest BCUT2D eigenvalue weighted by atomic mass is 35.5. The summed E-state index contributed by atoms with van der Waals surface area (Å²) in [5.41, 5.74) is 1.91. The number of amides is 1. The summed E-state index contributed by atoms with van der Waals surface area (Å²) < 4.78 is 0. The molecule has 1 aliphatic rings. The quantitative estimate of drug-likeness (QED) is 0.926. The molecule has 0 radical (unpaired) electrons. The zero-order valence-electron chi connectivity index (χ0n) is 12.3. The van der Waals surface area contributed by atoms with Gasteiger partial charge in [0.1, 0.15) is 6.54 Å². The van der Waals surface area contributed by atoms with Gasteiger partial charge in [-0.15, -0.1) is 0 Å². The lowest BCUT2D eigenvalue weighted by atomic mass is 10.2. The van der Waals surface area contributed by atoms with E-state index in [1.807, 2.05) is 29.2 Å². The second-order valence-electron chi connectivity index (χ2n) is 5.59. The SMILES string of the molecule is O=C(c1cccnc1)N1CC[NH+](Cc2cccc(Cl)c2)CC1. The minimum absolute atomic E-state index is 0.0786. The van der Waals surface area contributed by atoms with Gasteiger partial charge in [-0.2, -0.15) is 0 Å². The Bertz CT molecular complexity index is 639. The largest absolute Gasteiger partial charge is 0.328 e. The van der Waals surface area contributed by atoms with Crippen molar-refractivity contribution in [2.45, 2.75) is 6.54 Å². The number of hydrogen-bond donors (Lipinski definition) is 1. The molecule has 114 valence electrons. The molecule has 0 saturated carbocycles. The van der Waals surface area contributed by atoms with E-state index in [4.69, 9.17) is 11.6 Å². The van der Waals surface area contributed by atoms with Gasteiger partial charge in [0, 0.05) is 23.0 Å². The smallest absolute Gasteiger partial charge is 0.255 e. The molecule has 0 atom stereocenters. The molecule has 2 aromatic rings. The first-order valence-electron chi connectivity index (χ1n) is 7.50. The minimum Gasteiger partial charge on any atom is -0.328 e. The third-order valence-corrected chi connectivity index (χ3v) is 4.24. The molecule has 0 aliphatic carbocycles. The normalized spacial score (nSPS) is 15.8. The van der Waals surface area contributed by atoms with Gasteiger partial charge in [0.25, 0.3) is 5.91 Å². The number of benzene rings is 1. The van der Waals surface area contributed by atoms with E-state index in [0.29, 0.717) is 5.56 Å². The molecular weight excluding hydrogens is 298 g/mol. The third-order valence-electron chi connectivity index (χ3n) is 4.01. The summed E-state index contributed by atoms with van der Waals surface area (Å²) >= 11 is 6.03. The van der Waals surface area contributed by atoms with Crippen LogP contribution in [0.5, 0.6) is 0 Å². The molecule has 1 aromatic heterocycles. The molecular formula is C17H19ClN3O+. The monoisotopic (exact) mass is 316 g/mol. The van der Waals surface area contributed by atoms with Crippen molar-refractivity contribution in [3.05, 3.63) is 64.9 Å². The van der Waals surface area contributed by atoms with Crippen molar-refractivity contribution < 1.29 is 9.69 Å². The maximum atomic E-state index is 12.4. The minimum atomic E-state index is 0.0786. The Morgan fingerprint density at radius 3 is 2.73 bits per heavy atom. The Kier molecular flexibility index (Phi) is 4.71. The van der Waals surface area contributed by atoms with E-state index in [0.717, 1.165) is 37.7 Å². The molecule has 5 heteroatoms. The maximum absolute atomic E-state index is 12.4. The standard InChI is InChI=1S/C17H18ClN3O/c18-16-5-1-3-14(11-16)13-20-7-9-21(10-8-20)17(22)15-4-2-6-19-12-15/h1-6,11-12H,7-10,13H2/p+1. The van der Waals surface area contributed by atoms with E-state index >= 15 is 0 Å². The molecule has 2 heterocycles. The van der Waals surface area contributed by atoms with Crippen LogP contribution in [0.2, 0.25) is 5.02 Å². The van der Waals surface area contributed by atoms with Crippen molar-refractivity contribution in [3.8, 4) is 0 Å². The molecule has 1 aromatic carbocycles. The first kappa shape index (κ1) is 15.0. The maximum Gasteiger partial charge on any atom is 0.255 e. The fraction of sp³-hybridized carbons (Fsp3) is 0.294. The highest BCUT2D eigenvalue weighted by molar-refractivity contribution is 6.30. The fourth-order valence-electron chi connectivity index (χ4n) is 2.81. The van der Waals surface area contributed by atoms with E-state index in [-0.39, 0.29) is 5.91 Å². The average molecular weight is 317 g/mol. The lowest BCUT2D eigenvalue weighted by Gasteiger charge is -2.32. The molecule has 3 rings (SSSR count). The summed E-state index contributed by atoms with van der Waals surface area (Å²) in [6.45, 7) is 4.43. The second-order valence-corrected chi connectivity index (χ2v) is 6.03. The Morgan fingerprint density at radius 2 is 2.05 bits per heavy atom. The Labute approximate surface area is 135 Å². The van der Waals surface area contributed by atoms with Crippen LogP contribution in [0.1, 0.15) is 15.9 Å². The van der Waals surface area contributed by atoms with E-state index in [9.17, 15) is 4.79 Å². The van der Waals surface area contributed by atoms with E-state index < -0.39 is 0 Å². The van der Waals surface area contributed by atoms with Gasteiger partial charge >= 0.3 is 0 Å². The number of halogens is 1. The molecule has 1 N–H and O–H groups in total. The summed E-state index contributed by atoms with van der Waals surface area (Å²) in [5, 5.41) is 0.780. The first-order valence-corrected chi connectivity index (χ1v) is 7.87. The predicted octanol–water partition coefficient (Wildman–Crippen LogP) is 1.28. The van der Waals surface area contributed by atoms with Crippen molar-refractivity contribution in [1.29, 1.82) is 0 Å². The van der Waals surface area contributed by atoms with Gasteiger partial charge in [0.05, 0.1) is 31.7 Å². The highest BCUT2D eigenvalue weighted by Crippen LogP contribution is 2.10. The summed E-state index contributed by atoms with van der Waals surface area (Å²) in [4.78, 5) is 19.8. The van der Waals surface area contributed by atoms with Gasteiger partial charge < -0.3 is 9.80 Å². The van der Waals surface area contributed by atoms with Crippen LogP contribution in [0.3, 0.4) is 0 Å². The highest BCUT2D eigenvalue weighted by Gasteiger charge is 2.24. The van der Waals surface area contributed by atoms with Crippen LogP contribution in [0.15, 0.2) is 48.8 Å². The summed E-state index contributed by atoms with van der Waals surface area (Å²) in [6.07, 6.45) is 3.32. The molecule has 0 spiro atoms. The van der Waals surface area contributed by atoms with Gasteiger partial charge in [0.2, 0.25) is 0 Å². The zero-order valence-corrected chi connectivity index (χ0v) is 13.1. The topological polar surface area (TPSA) is 37.6 Å². The number of aromatic nitrogens is 1. The van der Waals surface area contributed by atoms with Gasteiger partial charge in [-0.25, -0.2) is 0 Å². The van der Waals surface area contributed by atoms with Crippen molar-refractivity contribution in [2.75, 3.05) is 26.2 Å². The second kappa shape index (κ2) is 6.90. The van der Waals surface area contributed by atoms with E-state index in [1.165, 1.54) is 10.5 Å². The van der Waals surface area contributed by atoms with E-state index in [1.54, 1.807) is 18.5 Å². The summed E-state index contributed by atoms with van der Waals surface area (Å²) in [6, 6.07) is 11.6. The Hall–Kier alpha value is -1.91. The molecule has 1 aliphatic heterocycles. The van der Waals surface area contributed by atoms with Crippen LogP contribution in [0.4, 0.5) is 0 Å². The number of carbonyl (C=O) groups excluding carboxylic acids is 1. The van der Waals surface area contributed by atoms with Crippen LogP contribution in [0, 0.1) is 0 Å². The van der Waals surface area contributed by atoms with Crippen LogP contribution >= 0.6 is 11.6 Å². The van der Waals surface area contributed by atoms with Crippen LogP contribution in [0.25, 0.3) is 0 Å². The van der Waals surface area contributed by atoms with Crippen molar-refractivity contribution in [3.63, 3.8) is 0 Å². The number of piperazine rings is 1. The molecule has 4 nitrogen and oxygen atoms in total. The Balaban J connectivity index is 1.55. The molecule has 1 saturated heterocycles. The van der Waals surface area contributed by atoms with Crippen LogP contribution in [-0.2, 0) is 6.54 Å². The summed E-state index contributed by atoms with van der Waals surface area (Å²) in [7, 11) is 0. The van der Waals surface area contributed by atoms with Crippen LogP contribution in [-0.4, -0.2) is 42.0 Å². The Morgan fingerprint density at radius 1 is 1.23 bits per heavy atom. The third kappa shape index (κ3) is 3.64. The van der Waals surface area contributed by atoms with Crippen molar-refractivity contribution in [2.24, 2.45) is 0 Å². The number of quaternary nitrogens is 1. The number of hydrogen-bond acceptors (Lipinski definition) is 2. The molecule has 0 bridgehead atoms. The van der Waals surface area contributed by atoms with Crippen LogP contribution < -0.4 is 4.90 Å². The van der Waals surface area contributed by atoms with Gasteiger partial charge in [-0.3, -0.25) is 9.78 Å². The fourth-order valence-corrected chi connectivity index (χ4v) is 3.02. The predicted molar refractivity (Wildman–Crippen MR) is 86.0 cm³/mol. The van der Waals surface area contributed by atoms with Crippen molar-refractivity contribution in [1.82, 2.24) is 9.88 Å². The number of pyridine rings is 1. The summed E-state index contributed by atoms with van der Waals surface area (Å²) in [5.74, 6) is 0.0786. The molecule has 1 fully saturated rings. The lowest BCUT2D eigenvalue weighted by Crippen LogP contribution is -3.13. The number of nitrogens with zero attached hydrogens (tertiary/aromatic N) is 2. The van der Waals surface area contributed by atoms with Gasteiger partial charge in [0.15, 0.2) is 0 Å². The number of rotatable bonds is 3. The number of nitrogens with one attached hydrogen (secondary N) is 1. The van der Waals surface area contributed by atoms with Gasteiger partial charge in [-0.1, -0.05) is 23.7 Å². The molecule has 1 amide bonds. The lowest BCUT2D eigenvalue weighted by molar-refractivity contribution is -0.917. The molecule has 0 unspecified atom stereocenters.